The first-order valence-electron chi connectivity index (χ1n) is 12.1. The van der Waals surface area contributed by atoms with E-state index >= 15 is 0 Å². The largest absolute Gasteiger partial charge is 0.481 e. The Morgan fingerprint density at radius 3 is 1.89 bits per heavy atom. The molecule has 4 N–H and O–H groups in total. The van der Waals surface area contributed by atoms with Crippen molar-refractivity contribution in [2.24, 2.45) is 0 Å². The Hall–Kier alpha value is -3.88. The number of carbonyl (C=O) groups is 4. The topological polar surface area (TPSA) is 134 Å². The Morgan fingerprint density at radius 2 is 1.31 bits per heavy atom. The summed E-state index contributed by atoms with van der Waals surface area (Å²) in [5.74, 6) is -1.26. The molecule has 0 aromatic heterocycles. The summed E-state index contributed by atoms with van der Waals surface area (Å²) >= 11 is 0. The number of hydrogen-bond donors (Lipinski definition) is 4. The summed E-state index contributed by atoms with van der Waals surface area (Å²) in [4.78, 5) is 47.5. The molecule has 9 nitrogen and oxygen atoms in total. The van der Waals surface area contributed by atoms with Crippen LogP contribution in [0.15, 0.2) is 48.5 Å². The van der Waals surface area contributed by atoms with Gasteiger partial charge in [0.15, 0.2) is 0 Å². The van der Waals surface area contributed by atoms with Gasteiger partial charge in [0, 0.05) is 24.1 Å². The van der Waals surface area contributed by atoms with Crippen LogP contribution in [0.4, 0.5) is 21.9 Å². The summed E-state index contributed by atoms with van der Waals surface area (Å²) in [5.41, 5.74) is 1.16. The average Bonchev–Trinajstić information content (AvgIpc) is 2.78. The van der Waals surface area contributed by atoms with Gasteiger partial charge in [0.05, 0.1) is 11.4 Å². The van der Waals surface area contributed by atoms with E-state index in [-0.39, 0.29) is 18.2 Å². The van der Waals surface area contributed by atoms with E-state index in [0.717, 1.165) is 25.7 Å². The number of ether oxygens (including phenoxy) is 1. The highest BCUT2D eigenvalue weighted by molar-refractivity contribution is 6.07. The zero-order valence-electron chi connectivity index (χ0n) is 21.1. The molecule has 2 rings (SSSR count). The Morgan fingerprint density at radius 1 is 0.750 bits per heavy atom. The van der Waals surface area contributed by atoms with Crippen LogP contribution in [0.25, 0.3) is 0 Å². The van der Waals surface area contributed by atoms with E-state index in [1.165, 1.54) is 0 Å². The highest BCUT2D eigenvalue weighted by Crippen LogP contribution is 2.23. The number of para-hydroxylation sites is 2. The second-order valence-corrected chi connectivity index (χ2v) is 9.41. The highest BCUT2D eigenvalue weighted by Gasteiger charge is 2.18. The van der Waals surface area contributed by atoms with E-state index in [1.807, 2.05) is 0 Å². The predicted octanol–water partition coefficient (Wildman–Crippen LogP) is 6.04. The Bertz CT molecular complexity index is 1040. The van der Waals surface area contributed by atoms with Gasteiger partial charge in [-0.05, 0) is 70.0 Å². The molecule has 0 saturated carbocycles. The van der Waals surface area contributed by atoms with Gasteiger partial charge in [-0.3, -0.25) is 19.7 Å². The fourth-order valence-corrected chi connectivity index (χ4v) is 3.33. The van der Waals surface area contributed by atoms with Gasteiger partial charge in [0.1, 0.15) is 5.60 Å². The van der Waals surface area contributed by atoms with Crippen molar-refractivity contribution < 1.29 is 29.0 Å². The fraction of sp³-hybridized carbons (Fsp3) is 0.407. The third kappa shape index (κ3) is 11.0. The summed E-state index contributed by atoms with van der Waals surface area (Å²) in [6.07, 6.45) is 3.95. The van der Waals surface area contributed by atoms with E-state index < -0.39 is 17.7 Å². The minimum atomic E-state index is -0.780. The monoisotopic (exact) mass is 497 g/mol. The first-order valence-corrected chi connectivity index (χ1v) is 12.1. The van der Waals surface area contributed by atoms with Crippen LogP contribution >= 0.6 is 0 Å². The van der Waals surface area contributed by atoms with Crippen LogP contribution < -0.4 is 16.0 Å². The molecule has 194 valence electrons. The molecule has 0 spiro atoms. The number of hydrogen-bond acceptors (Lipinski definition) is 5. The van der Waals surface area contributed by atoms with Crippen molar-refractivity contribution in [3.8, 4) is 0 Å². The number of aliphatic carboxylic acids is 1. The smallest absolute Gasteiger partial charge is 0.412 e. The molecule has 9 heteroatoms. The lowest BCUT2D eigenvalue weighted by Crippen LogP contribution is -2.27. The molecule has 0 unspecified atom stereocenters. The lowest BCUT2D eigenvalue weighted by atomic mass is 10.1. The summed E-state index contributed by atoms with van der Waals surface area (Å²) in [5, 5.41) is 16.9. The highest BCUT2D eigenvalue weighted by atomic mass is 16.6. The van der Waals surface area contributed by atoms with E-state index in [1.54, 1.807) is 69.3 Å². The number of amides is 3. The van der Waals surface area contributed by atoms with Crippen LogP contribution in [0, 0.1) is 0 Å². The molecule has 3 amide bonds. The quantitative estimate of drug-likeness (QED) is 0.264. The normalized spacial score (nSPS) is 10.9. The Labute approximate surface area is 211 Å². The van der Waals surface area contributed by atoms with Crippen molar-refractivity contribution in [3.63, 3.8) is 0 Å². The summed E-state index contributed by atoms with van der Waals surface area (Å²) in [7, 11) is 0. The molecule has 0 aliphatic rings. The van der Waals surface area contributed by atoms with E-state index in [0.29, 0.717) is 35.5 Å². The lowest BCUT2D eigenvalue weighted by Gasteiger charge is -2.20. The van der Waals surface area contributed by atoms with Gasteiger partial charge in [0.25, 0.3) is 5.91 Å². The SMILES string of the molecule is CC(C)(C)OC(=O)Nc1ccccc1NC(=O)c1ccc(NC(=O)CCCCCCCC(=O)O)cc1. The number of carboxylic acids is 1. The molecule has 0 fully saturated rings. The third-order valence-corrected chi connectivity index (χ3v) is 5.04. The van der Waals surface area contributed by atoms with Crippen molar-refractivity contribution in [2.75, 3.05) is 16.0 Å². The van der Waals surface area contributed by atoms with E-state index in [9.17, 15) is 19.2 Å². The van der Waals surface area contributed by atoms with E-state index in [2.05, 4.69) is 16.0 Å². The number of carboxylic acid groups (broad SMARTS) is 1. The molecule has 2 aromatic carbocycles. The molecular formula is C27H35N3O6. The number of benzene rings is 2. The number of unbranched alkanes of at least 4 members (excludes halogenated alkanes) is 4. The van der Waals surface area contributed by atoms with E-state index in [4.69, 9.17) is 9.84 Å². The predicted molar refractivity (Wildman–Crippen MR) is 139 cm³/mol. The van der Waals surface area contributed by atoms with Crippen LogP contribution in [0.5, 0.6) is 0 Å². The molecule has 0 atom stereocenters. The second kappa shape index (κ2) is 13.9. The minimum Gasteiger partial charge on any atom is -0.481 e. The molecule has 0 aliphatic heterocycles. The third-order valence-electron chi connectivity index (χ3n) is 5.04. The van der Waals surface area contributed by atoms with Crippen LogP contribution in [0.3, 0.4) is 0 Å². The lowest BCUT2D eigenvalue weighted by molar-refractivity contribution is -0.137. The zero-order chi connectivity index (χ0) is 26.6. The van der Waals surface area contributed by atoms with Crippen molar-refractivity contribution in [3.05, 3.63) is 54.1 Å². The van der Waals surface area contributed by atoms with Gasteiger partial charge < -0.3 is 20.5 Å². The van der Waals surface area contributed by atoms with Crippen LogP contribution in [-0.2, 0) is 14.3 Å². The zero-order valence-corrected chi connectivity index (χ0v) is 21.1. The molecule has 2 aromatic rings. The standard InChI is InChI=1S/C27H35N3O6/c1-27(2,3)36-26(35)30-22-12-10-9-11-21(22)29-25(34)19-15-17-20(18-16-19)28-23(31)13-7-5-4-6-8-14-24(32)33/h9-12,15-18H,4-8,13-14H2,1-3H3,(H,28,31)(H,29,34)(H,30,35)(H,32,33). The first-order chi connectivity index (χ1) is 17.0. The first kappa shape index (κ1) is 28.4. The van der Waals surface area contributed by atoms with Gasteiger partial charge in [-0.15, -0.1) is 0 Å². The van der Waals surface area contributed by atoms with Gasteiger partial charge in [-0.2, -0.15) is 0 Å². The van der Waals surface area contributed by atoms with Gasteiger partial charge in [-0.25, -0.2) is 4.79 Å². The van der Waals surface area contributed by atoms with Gasteiger partial charge >= 0.3 is 12.1 Å². The maximum atomic E-state index is 12.7. The number of carbonyl (C=O) groups excluding carboxylic acids is 3. The molecule has 0 radical (unpaired) electrons. The second-order valence-electron chi connectivity index (χ2n) is 9.41. The average molecular weight is 498 g/mol. The van der Waals surface area contributed by atoms with Crippen LogP contribution in [-0.4, -0.2) is 34.6 Å². The summed E-state index contributed by atoms with van der Waals surface area (Å²) in [6, 6.07) is 13.3. The molecular weight excluding hydrogens is 462 g/mol. The van der Waals surface area contributed by atoms with Crippen molar-refractivity contribution in [2.45, 2.75) is 71.3 Å². The van der Waals surface area contributed by atoms with Crippen molar-refractivity contribution in [1.82, 2.24) is 0 Å². The van der Waals surface area contributed by atoms with Crippen molar-refractivity contribution in [1.29, 1.82) is 0 Å². The Kier molecular flexibility index (Phi) is 10.9. The van der Waals surface area contributed by atoms with Crippen LogP contribution in [0.1, 0.15) is 76.1 Å². The summed E-state index contributed by atoms with van der Waals surface area (Å²) in [6.45, 7) is 5.29. The summed E-state index contributed by atoms with van der Waals surface area (Å²) < 4.78 is 5.27. The van der Waals surface area contributed by atoms with Crippen molar-refractivity contribution >= 4 is 40.9 Å². The molecule has 0 aliphatic carbocycles. The number of rotatable bonds is 12. The fourth-order valence-electron chi connectivity index (χ4n) is 3.33. The number of nitrogens with one attached hydrogen (secondary N) is 3. The maximum Gasteiger partial charge on any atom is 0.412 e. The maximum absolute atomic E-state index is 12.7. The minimum absolute atomic E-state index is 0.111. The molecule has 0 heterocycles. The van der Waals surface area contributed by atoms with Gasteiger partial charge in [0.2, 0.25) is 5.91 Å². The van der Waals surface area contributed by atoms with Gasteiger partial charge in [-0.1, -0.05) is 31.4 Å². The molecule has 0 saturated heterocycles. The number of anilines is 3. The van der Waals surface area contributed by atoms with Crippen LogP contribution in [0.2, 0.25) is 0 Å². The molecule has 36 heavy (non-hydrogen) atoms. The Balaban J connectivity index is 1.83. The molecule has 0 bridgehead atoms.